The van der Waals surface area contributed by atoms with E-state index in [1.807, 2.05) is 26.2 Å². The van der Waals surface area contributed by atoms with E-state index < -0.39 is 0 Å². The number of nitrogens with zero attached hydrogens (tertiary/aromatic N) is 2. The van der Waals surface area contributed by atoms with Gasteiger partial charge in [0.1, 0.15) is 11.6 Å². The Bertz CT molecular complexity index is 446. The number of aliphatic imine (C=N–C) groups is 1. The predicted octanol–water partition coefficient (Wildman–Crippen LogP) is 3.01. The quantitative estimate of drug-likeness (QED) is 0.763. The molecule has 0 saturated carbocycles. The monoisotopic (exact) mass is 256 g/mol. The SMILES string of the molecule is CSc1ncc(C2=NC(C)(C)CO2)cc1Cl. The van der Waals surface area contributed by atoms with Crippen LogP contribution in [0.3, 0.4) is 0 Å². The van der Waals surface area contributed by atoms with E-state index in [0.29, 0.717) is 17.5 Å². The zero-order valence-electron chi connectivity index (χ0n) is 9.45. The average molecular weight is 257 g/mol. The molecule has 0 atom stereocenters. The molecule has 0 spiro atoms. The fourth-order valence-electron chi connectivity index (χ4n) is 1.42. The van der Waals surface area contributed by atoms with Crippen LogP contribution < -0.4 is 0 Å². The third-order valence-corrected chi connectivity index (χ3v) is 3.33. The van der Waals surface area contributed by atoms with Crippen molar-refractivity contribution in [2.75, 3.05) is 12.9 Å². The fraction of sp³-hybridized carbons (Fsp3) is 0.455. The summed E-state index contributed by atoms with van der Waals surface area (Å²) in [6.45, 7) is 4.67. The van der Waals surface area contributed by atoms with Crippen LogP contribution in [0.1, 0.15) is 19.4 Å². The van der Waals surface area contributed by atoms with Crippen LogP contribution in [0, 0.1) is 0 Å². The molecule has 2 rings (SSSR count). The van der Waals surface area contributed by atoms with E-state index in [1.165, 1.54) is 11.8 Å². The van der Waals surface area contributed by atoms with Crippen LogP contribution in [0.15, 0.2) is 22.3 Å². The number of pyridine rings is 1. The minimum atomic E-state index is -0.153. The maximum atomic E-state index is 6.09. The van der Waals surface area contributed by atoms with Crippen molar-refractivity contribution in [3.05, 3.63) is 22.8 Å². The lowest BCUT2D eigenvalue weighted by molar-refractivity contribution is 0.279. The van der Waals surface area contributed by atoms with Crippen LogP contribution >= 0.6 is 23.4 Å². The molecule has 0 radical (unpaired) electrons. The van der Waals surface area contributed by atoms with Crippen molar-refractivity contribution in [1.29, 1.82) is 0 Å². The van der Waals surface area contributed by atoms with Gasteiger partial charge in [-0.25, -0.2) is 9.98 Å². The van der Waals surface area contributed by atoms with Gasteiger partial charge in [-0.15, -0.1) is 11.8 Å². The first-order valence-electron chi connectivity index (χ1n) is 4.94. The molecule has 0 fully saturated rings. The lowest BCUT2D eigenvalue weighted by Crippen LogP contribution is -2.17. The normalized spacial score (nSPS) is 18.1. The maximum absolute atomic E-state index is 6.09. The van der Waals surface area contributed by atoms with E-state index in [-0.39, 0.29) is 5.54 Å². The van der Waals surface area contributed by atoms with E-state index in [9.17, 15) is 0 Å². The lowest BCUT2D eigenvalue weighted by Gasteiger charge is -2.07. The predicted molar refractivity (Wildman–Crippen MR) is 67.6 cm³/mol. The molecule has 0 bridgehead atoms. The van der Waals surface area contributed by atoms with Gasteiger partial charge < -0.3 is 4.74 Å². The zero-order valence-corrected chi connectivity index (χ0v) is 11.0. The molecule has 1 aromatic heterocycles. The summed E-state index contributed by atoms with van der Waals surface area (Å²) in [4.78, 5) is 8.74. The molecule has 16 heavy (non-hydrogen) atoms. The van der Waals surface area contributed by atoms with Gasteiger partial charge in [0.2, 0.25) is 5.90 Å². The summed E-state index contributed by atoms with van der Waals surface area (Å²) >= 11 is 7.61. The summed E-state index contributed by atoms with van der Waals surface area (Å²) in [6.07, 6.45) is 3.69. The van der Waals surface area contributed by atoms with Gasteiger partial charge in [-0.3, -0.25) is 0 Å². The van der Waals surface area contributed by atoms with Crippen LogP contribution in [0.25, 0.3) is 0 Å². The summed E-state index contributed by atoms with van der Waals surface area (Å²) in [6, 6.07) is 1.85. The Morgan fingerprint density at radius 1 is 1.50 bits per heavy atom. The van der Waals surface area contributed by atoms with Crippen molar-refractivity contribution in [3.8, 4) is 0 Å². The van der Waals surface area contributed by atoms with Crippen molar-refractivity contribution >= 4 is 29.3 Å². The Morgan fingerprint density at radius 2 is 2.25 bits per heavy atom. The molecular weight excluding hydrogens is 244 g/mol. The molecule has 1 aliphatic rings. The highest BCUT2D eigenvalue weighted by molar-refractivity contribution is 7.98. The third kappa shape index (κ3) is 2.33. The second kappa shape index (κ2) is 4.26. The first-order valence-corrected chi connectivity index (χ1v) is 6.55. The van der Waals surface area contributed by atoms with Crippen LogP contribution in [-0.4, -0.2) is 29.3 Å². The summed E-state index contributed by atoms with van der Waals surface area (Å²) in [5.74, 6) is 0.632. The number of ether oxygens (including phenoxy) is 1. The van der Waals surface area contributed by atoms with Gasteiger partial charge in [0.15, 0.2) is 0 Å². The largest absolute Gasteiger partial charge is 0.475 e. The highest BCUT2D eigenvalue weighted by Gasteiger charge is 2.27. The molecule has 1 aromatic rings. The second-order valence-corrected chi connectivity index (χ2v) is 5.44. The van der Waals surface area contributed by atoms with Gasteiger partial charge in [-0.1, -0.05) is 11.6 Å². The lowest BCUT2D eigenvalue weighted by atomic mass is 10.1. The highest BCUT2D eigenvalue weighted by atomic mass is 35.5. The first kappa shape index (κ1) is 11.7. The molecule has 2 heterocycles. The van der Waals surface area contributed by atoms with Crippen LogP contribution in [0.5, 0.6) is 0 Å². The summed E-state index contributed by atoms with van der Waals surface area (Å²) in [5.41, 5.74) is 0.688. The number of aromatic nitrogens is 1. The molecule has 0 unspecified atom stereocenters. The maximum Gasteiger partial charge on any atom is 0.218 e. The third-order valence-electron chi connectivity index (χ3n) is 2.21. The van der Waals surface area contributed by atoms with Crippen molar-refractivity contribution in [1.82, 2.24) is 4.98 Å². The molecule has 0 aliphatic carbocycles. The van der Waals surface area contributed by atoms with Crippen molar-refractivity contribution in [2.45, 2.75) is 24.4 Å². The van der Waals surface area contributed by atoms with Gasteiger partial charge in [-0.05, 0) is 26.2 Å². The molecule has 3 nitrogen and oxygen atoms in total. The Hall–Kier alpha value is -0.740. The minimum Gasteiger partial charge on any atom is -0.475 e. The van der Waals surface area contributed by atoms with Crippen LogP contribution in [-0.2, 0) is 4.74 Å². The van der Waals surface area contributed by atoms with Gasteiger partial charge in [0.05, 0.1) is 16.1 Å². The molecule has 1 aliphatic heterocycles. The highest BCUT2D eigenvalue weighted by Crippen LogP contribution is 2.26. The summed E-state index contributed by atoms with van der Waals surface area (Å²) in [7, 11) is 0. The van der Waals surface area contributed by atoms with Gasteiger partial charge >= 0.3 is 0 Å². The Labute approximate surface area is 104 Å². The molecule has 0 amide bonds. The molecule has 0 saturated heterocycles. The molecule has 0 aromatic carbocycles. The zero-order chi connectivity index (χ0) is 11.8. The van der Waals surface area contributed by atoms with Crippen molar-refractivity contribution in [3.63, 3.8) is 0 Å². The number of hydrogen-bond acceptors (Lipinski definition) is 4. The van der Waals surface area contributed by atoms with Crippen molar-refractivity contribution in [2.24, 2.45) is 4.99 Å². The minimum absolute atomic E-state index is 0.153. The molecule has 5 heteroatoms. The number of hydrogen-bond donors (Lipinski definition) is 0. The topological polar surface area (TPSA) is 34.5 Å². The Balaban J connectivity index is 2.33. The Morgan fingerprint density at radius 3 is 2.75 bits per heavy atom. The average Bonchev–Trinajstić information content (AvgIpc) is 2.59. The van der Waals surface area contributed by atoms with Crippen LogP contribution in [0.4, 0.5) is 0 Å². The van der Waals surface area contributed by atoms with Gasteiger partial charge in [0.25, 0.3) is 0 Å². The Kier molecular flexibility index (Phi) is 3.13. The van der Waals surface area contributed by atoms with Crippen LogP contribution in [0.2, 0.25) is 5.02 Å². The summed E-state index contributed by atoms with van der Waals surface area (Å²) < 4.78 is 5.53. The van der Waals surface area contributed by atoms with E-state index in [0.717, 1.165) is 10.6 Å². The smallest absolute Gasteiger partial charge is 0.218 e. The van der Waals surface area contributed by atoms with E-state index in [1.54, 1.807) is 6.20 Å². The molecule has 0 N–H and O–H groups in total. The van der Waals surface area contributed by atoms with E-state index in [2.05, 4.69) is 9.98 Å². The first-order chi connectivity index (χ1) is 7.52. The molecule has 86 valence electrons. The van der Waals surface area contributed by atoms with E-state index >= 15 is 0 Å². The summed E-state index contributed by atoms with van der Waals surface area (Å²) in [5, 5.41) is 1.46. The fourth-order valence-corrected chi connectivity index (χ4v) is 2.23. The van der Waals surface area contributed by atoms with Gasteiger partial charge in [0, 0.05) is 6.20 Å². The molecular formula is C11H13ClN2OS. The number of rotatable bonds is 2. The number of thioether (sulfide) groups is 1. The second-order valence-electron chi connectivity index (χ2n) is 4.23. The number of halogens is 1. The van der Waals surface area contributed by atoms with Crippen molar-refractivity contribution < 1.29 is 4.74 Å². The standard InChI is InChI=1S/C11H13ClN2OS/c1-11(2)6-15-9(14-11)7-4-8(12)10(16-3)13-5-7/h4-5H,6H2,1-3H3. The van der Waals surface area contributed by atoms with E-state index in [4.69, 9.17) is 16.3 Å². The van der Waals surface area contributed by atoms with Gasteiger partial charge in [-0.2, -0.15) is 0 Å².